The van der Waals surface area contributed by atoms with E-state index < -0.39 is 145 Å². The molecule has 12 amide bonds. The van der Waals surface area contributed by atoms with Gasteiger partial charge < -0.3 is 94.3 Å². The molecule has 2 aromatic heterocycles. The number of aliphatic hydroxyl groups is 1. The molecule has 0 bridgehead atoms. The number of guanidine groups is 1. The Balaban J connectivity index is 1.29. The first-order chi connectivity index (χ1) is 45.1. The molecule has 95 heavy (non-hydrogen) atoms. The predicted octanol–water partition coefficient (Wildman–Crippen LogP) is -3.56. The molecule has 34 heteroatoms. The number of aliphatic hydroxyl groups excluding tert-OH is 1. The molecular weight excluding hydrogens is 1240 g/mol. The van der Waals surface area contributed by atoms with Crippen molar-refractivity contribution in [1.29, 1.82) is 0 Å². The van der Waals surface area contributed by atoms with Crippen molar-refractivity contribution in [2.75, 3.05) is 32.9 Å². The van der Waals surface area contributed by atoms with Crippen LogP contribution in [0.5, 0.6) is 5.75 Å². The number of rotatable bonds is 33. The van der Waals surface area contributed by atoms with Crippen molar-refractivity contribution in [2.45, 2.75) is 159 Å². The van der Waals surface area contributed by atoms with Gasteiger partial charge in [0.25, 0.3) is 5.91 Å². The van der Waals surface area contributed by atoms with E-state index in [1.807, 2.05) is 5.43 Å². The van der Waals surface area contributed by atoms with Gasteiger partial charge in [-0.1, -0.05) is 44.2 Å². The summed E-state index contributed by atoms with van der Waals surface area (Å²) in [6.07, 6.45) is 4.52. The van der Waals surface area contributed by atoms with Gasteiger partial charge in [-0.25, -0.2) is 20.0 Å². The van der Waals surface area contributed by atoms with Crippen LogP contribution in [0.3, 0.4) is 0 Å². The van der Waals surface area contributed by atoms with Crippen LogP contribution >= 0.6 is 0 Å². The number of amides is 12. The summed E-state index contributed by atoms with van der Waals surface area (Å²) in [5, 5.41) is 41.6. The van der Waals surface area contributed by atoms with Gasteiger partial charge >= 0.3 is 12.0 Å². The summed E-state index contributed by atoms with van der Waals surface area (Å²) in [5.74, 6) is -10.3. The number of nitrogens with zero attached hydrogens (tertiary/aromatic N) is 3. The van der Waals surface area contributed by atoms with Crippen molar-refractivity contribution in [3.05, 3.63) is 84.1 Å². The lowest BCUT2D eigenvalue weighted by Gasteiger charge is -2.31. The molecule has 516 valence electrons. The highest BCUT2D eigenvalue weighted by Gasteiger charge is 2.41. The number of aromatic amines is 2. The SMILES string of the molecule is CC(C)C[C@H](NC(=O)[C@H](COC(C)(C)C)NC(=O)[C@H](Cc1ccc(O)cc1)NC(=O)[C@H](COC(=O)CO)NC(=O)[C@H](Cc1c[nH]c2ccccc12)NC(=O)[C@H](Cc1cnc[nH]1)NC(=O)[C@@H]1CCC(=O)N1)C(=O)N[C@@H](CCCN=C(N)N)C(=O)N1CCC[C@H]1C(=O)NNC(N)=O. The summed E-state index contributed by atoms with van der Waals surface area (Å²) in [5.41, 5.74) is 21.4. The zero-order valence-electron chi connectivity index (χ0n) is 53.4. The molecule has 4 aromatic rings. The van der Waals surface area contributed by atoms with Gasteiger partial charge in [0.2, 0.25) is 53.2 Å². The molecule has 0 radical (unpaired) electrons. The van der Waals surface area contributed by atoms with Crippen LogP contribution in [0.4, 0.5) is 4.79 Å². The van der Waals surface area contributed by atoms with Crippen LogP contribution in [0.2, 0.25) is 0 Å². The molecule has 0 aliphatic carbocycles. The van der Waals surface area contributed by atoms with Crippen LogP contribution in [0.25, 0.3) is 10.9 Å². The maximum atomic E-state index is 14.9. The number of carbonyl (C=O) groups excluding carboxylic acids is 12. The topological polar surface area (TPSA) is 522 Å². The number of aromatic nitrogens is 3. The number of nitrogens with one attached hydrogen (secondary N) is 12. The van der Waals surface area contributed by atoms with E-state index in [1.54, 1.807) is 65.1 Å². The molecule has 34 nitrogen and oxygen atoms in total. The van der Waals surface area contributed by atoms with Gasteiger partial charge in [0.15, 0.2) is 5.96 Å². The number of nitrogens with two attached hydrogens (primary N) is 3. The molecule has 9 atom stereocenters. The number of hydrazine groups is 1. The third-order valence-electron chi connectivity index (χ3n) is 15.2. The van der Waals surface area contributed by atoms with Gasteiger partial charge in [0.05, 0.1) is 18.5 Å². The van der Waals surface area contributed by atoms with E-state index in [-0.39, 0.29) is 94.4 Å². The predicted molar refractivity (Wildman–Crippen MR) is 339 cm³/mol. The summed E-state index contributed by atoms with van der Waals surface area (Å²) in [7, 11) is 0. The summed E-state index contributed by atoms with van der Waals surface area (Å²) >= 11 is 0. The standard InChI is InChI=1S/C61H86N18O16/c1-32(2)22-41(51(85)70-40(12-8-20-66-59(62)63)58(92)79-21-9-13-47(79)57(91)77-78-60(64)93)71-56(90)46(30-95-61(3,4)5)76-52(86)42(23-33-14-16-36(81)17-15-33)72-55(89)45(29-94-49(83)28-80)75-53(87)43(24-34-26-67-38-11-7-6-10-37(34)38)73-54(88)44(25-35-27-65-31-68-35)74-50(84)39-18-19-48(82)69-39/h6-7,10-11,14-17,26-27,31-32,39-47,67,80-81H,8-9,12-13,18-25,28-30H2,1-5H3,(H,65,68)(H,69,82)(H,70,85)(H,71,90)(H,72,89)(H,73,88)(H,74,84)(H,75,87)(H,76,86)(H,77,91)(H4,62,63,66)(H3,64,78,93)/t39-,40-,41-,42-,43-,44-,45-,46-,47-/m0/s1. The molecule has 2 aromatic carbocycles. The van der Waals surface area contributed by atoms with Crippen LogP contribution < -0.4 is 70.6 Å². The smallest absolute Gasteiger partial charge is 0.331 e. The zero-order chi connectivity index (χ0) is 69.5. The first-order valence-corrected chi connectivity index (χ1v) is 30.9. The Labute approximate surface area is 546 Å². The number of ether oxygens (including phenoxy) is 2. The van der Waals surface area contributed by atoms with E-state index in [0.29, 0.717) is 34.1 Å². The number of aromatic hydroxyl groups is 1. The zero-order valence-corrected chi connectivity index (χ0v) is 53.4. The van der Waals surface area contributed by atoms with E-state index in [2.05, 4.69) is 67.9 Å². The Kier molecular flexibility index (Phi) is 27.2. The van der Waals surface area contributed by atoms with Crippen molar-refractivity contribution in [1.82, 2.24) is 73.2 Å². The summed E-state index contributed by atoms with van der Waals surface area (Å²) in [4.78, 5) is 181. The Morgan fingerprint density at radius 2 is 1.32 bits per heavy atom. The molecule has 20 N–H and O–H groups in total. The number of benzene rings is 2. The number of hydrogen-bond acceptors (Lipinski definition) is 18. The fourth-order valence-electron chi connectivity index (χ4n) is 10.4. The molecule has 2 aliphatic rings. The molecule has 2 aliphatic heterocycles. The third kappa shape index (κ3) is 23.3. The van der Waals surface area contributed by atoms with E-state index in [1.165, 1.54) is 41.7 Å². The van der Waals surface area contributed by atoms with Crippen LogP contribution in [0, 0.1) is 5.92 Å². The minimum absolute atomic E-state index is 0.0235. The maximum Gasteiger partial charge on any atom is 0.331 e. The van der Waals surface area contributed by atoms with Crippen molar-refractivity contribution < 1.29 is 77.2 Å². The first-order valence-electron chi connectivity index (χ1n) is 30.9. The number of phenols is 1. The highest BCUT2D eigenvalue weighted by Crippen LogP contribution is 2.22. The highest BCUT2D eigenvalue weighted by molar-refractivity contribution is 6.00. The van der Waals surface area contributed by atoms with Gasteiger partial charge in [-0.2, -0.15) is 0 Å². The van der Waals surface area contributed by atoms with Crippen LogP contribution in [-0.4, -0.2) is 200 Å². The van der Waals surface area contributed by atoms with Gasteiger partial charge in [0.1, 0.15) is 73.3 Å². The Morgan fingerprint density at radius 1 is 0.716 bits per heavy atom. The van der Waals surface area contributed by atoms with Gasteiger partial charge in [-0.05, 0) is 94.5 Å². The average Bonchev–Trinajstić information content (AvgIpc) is 1.79. The molecular formula is C61H86N18O16. The normalized spacial score (nSPS) is 16.7. The fraction of sp³-hybridized carbons (Fsp3) is 0.508. The van der Waals surface area contributed by atoms with Gasteiger partial charge in [-0.15, -0.1) is 0 Å². The molecule has 4 heterocycles. The molecule has 2 saturated heterocycles. The lowest BCUT2D eigenvalue weighted by molar-refractivity contribution is -0.149. The van der Waals surface area contributed by atoms with Crippen molar-refractivity contribution in [3.8, 4) is 5.75 Å². The van der Waals surface area contributed by atoms with Gasteiger partial charge in [0, 0.05) is 67.8 Å². The largest absolute Gasteiger partial charge is 0.508 e. The number of fused-ring (bicyclic) bond motifs is 1. The number of para-hydroxylation sites is 1. The second-order valence-corrected chi connectivity index (χ2v) is 24.3. The van der Waals surface area contributed by atoms with Crippen molar-refractivity contribution >= 4 is 87.9 Å². The quantitative estimate of drug-likeness (QED) is 0.00721. The number of H-pyrrole nitrogens is 2. The second kappa shape index (κ2) is 35.0. The van der Waals surface area contributed by atoms with Crippen LogP contribution in [-0.2, 0) is 81.5 Å². The Bertz CT molecular complexity index is 3390. The van der Waals surface area contributed by atoms with Crippen molar-refractivity contribution in [3.63, 3.8) is 0 Å². The number of hydrogen-bond donors (Lipinski definition) is 17. The van der Waals surface area contributed by atoms with E-state index in [4.69, 9.17) is 26.7 Å². The molecule has 2 fully saturated rings. The lowest BCUT2D eigenvalue weighted by Crippen LogP contribution is -2.62. The third-order valence-corrected chi connectivity index (χ3v) is 15.2. The number of carbonyl (C=O) groups is 12. The van der Waals surface area contributed by atoms with Crippen molar-refractivity contribution in [2.24, 2.45) is 28.1 Å². The second-order valence-electron chi connectivity index (χ2n) is 24.3. The Morgan fingerprint density at radius 3 is 1.92 bits per heavy atom. The van der Waals surface area contributed by atoms with Crippen LogP contribution in [0.1, 0.15) is 96.4 Å². The molecule has 0 unspecified atom stereocenters. The number of primary amides is 1. The number of urea groups is 1. The number of likely N-dealkylation sites (tertiary alicyclic amines) is 1. The minimum Gasteiger partial charge on any atom is -0.508 e. The fourth-order valence-corrected chi connectivity index (χ4v) is 10.4. The number of phenolic OH excluding ortho intramolecular Hbond substituents is 1. The lowest BCUT2D eigenvalue weighted by atomic mass is 10.0. The van der Waals surface area contributed by atoms with Gasteiger partial charge in [-0.3, -0.25) is 58.4 Å². The molecule has 0 saturated carbocycles. The minimum atomic E-state index is -1.91. The average molecular weight is 1330 g/mol. The molecule has 6 rings (SSSR count). The Hall–Kier alpha value is -10.4. The van der Waals surface area contributed by atoms with E-state index in [9.17, 15) is 67.7 Å². The summed E-state index contributed by atoms with van der Waals surface area (Å²) < 4.78 is 11.2. The summed E-state index contributed by atoms with van der Waals surface area (Å²) in [6, 6.07) is -1.44. The maximum absolute atomic E-state index is 14.9. The highest BCUT2D eigenvalue weighted by atomic mass is 16.5. The number of esters is 1. The van der Waals surface area contributed by atoms with E-state index >= 15 is 0 Å². The monoisotopic (exact) mass is 1330 g/mol. The molecule has 0 spiro atoms. The van der Waals surface area contributed by atoms with Crippen LogP contribution in [0.15, 0.2) is 72.2 Å². The number of aliphatic imine (C=N–C) groups is 1. The van der Waals surface area contributed by atoms with E-state index in [0.717, 1.165) is 0 Å². The summed E-state index contributed by atoms with van der Waals surface area (Å²) in [6.45, 7) is 6.04. The first kappa shape index (κ1) is 73.7. The number of imidazole rings is 1.